The normalized spacial score (nSPS) is 17.8. The van der Waals surface area contributed by atoms with Crippen LogP contribution in [-0.2, 0) is 13.9 Å². The van der Waals surface area contributed by atoms with E-state index >= 15 is 0 Å². The van der Waals surface area contributed by atoms with Crippen LogP contribution in [0.2, 0.25) is 0 Å². The molecule has 82 valence electrons. The van der Waals surface area contributed by atoms with Gasteiger partial charge in [-0.25, -0.2) is 0 Å². The largest absolute Gasteiger partial charge is 0.366 e. The molecule has 0 spiro atoms. The van der Waals surface area contributed by atoms with Gasteiger partial charge in [-0.1, -0.05) is 0 Å². The van der Waals surface area contributed by atoms with Crippen LogP contribution in [0.4, 0.5) is 0 Å². The molecule has 0 heterocycles. The second-order valence-electron chi connectivity index (χ2n) is 2.89. The zero-order chi connectivity index (χ0) is 12.3. The number of nitrogens with zero attached hydrogens (tertiary/aromatic N) is 3. The van der Waals surface area contributed by atoms with Crippen molar-refractivity contribution in [1.82, 2.24) is 0 Å². The third-order valence-electron chi connectivity index (χ3n) is 1.92. The van der Waals surface area contributed by atoms with E-state index in [2.05, 4.69) is 9.31 Å². The number of carbonyl (C=O) groups is 1. The predicted molar refractivity (Wildman–Crippen MR) is 50.2 cm³/mol. The Hall–Kier alpha value is -1.31. The molecule has 0 aliphatic heterocycles. The smallest absolute Gasteiger partial charge is 0.361 e. The highest BCUT2D eigenvalue weighted by Crippen LogP contribution is 2.54. The lowest BCUT2D eigenvalue weighted by molar-refractivity contribution is -0.115. The third kappa shape index (κ3) is 2.20. The minimum atomic E-state index is -4.39. The number of rotatable bonds is 4. The number of Topliss-reactive ketones (excluding diaryl/α,β-unsaturated/α-hetero) is 1. The van der Waals surface area contributed by atoms with Crippen LogP contribution in [0.1, 0.15) is 13.8 Å². The van der Waals surface area contributed by atoms with Gasteiger partial charge in [0, 0.05) is 14.0 Å². The van der Waals surface area contributed by atoms with Gasteiger partial charge in [-0.05, 0) is 6.92 Å². The van der Waals surface area contributed by atoms with E-state index in [1.165, 1.54) is 6.07 Å². The average molecular weight is 231 g/mol. The van der Waals surface area contributed by atoms with Gasteiger partial charge < -0.3 is 14.9 Å². The summed E-state index contributed by atoms with van der Waals surface area (Å²) in [6.07, 6.45) is 0. The first-order chi connectivity index (χ1) is 6.76. The molecule has 7 nitrogen and oxygen atoms in total. The second-order valence-corrected chi connectivity index (χ2v) is 5.19. The summed E-state index contributed by atoms with van der Waals surface area (Å²) in [6.45, 7) is 2.01. The van der Waals surface area contributed by atoms with Crippen molar-refractivity contribution in [2.75, 3.05) is 7.11 Å². The van der Waals surface area contributed by atoms with Crippen LogP contribution >= 0.6 is 7.60 Å². The molecule has 15 heavy (non-hydrogen) atoms. The molecule has 0 radical (unpaired) electrons. The molecule has 0 aliphatic carbocycles. The van der Waals surface area contributed by atoms with Gasteiger partial charge in [0.15, 0.2) is 0 Å². The van der Waals surface area contributed by atoms with Crippen LogP contribution in [0.3, 0.4) is 0 Å². The Balaban J connectivity index is 5.82. The van der Waals surface area contributed by atoms with Crippen LogP contribution < -0.4 is 0 Å². The van der Waals surface area contributed by atoms with Crippen molar-refractivity contribution in [3.05, 3.63) is 5.53 Å². The number of ketones is 1. The van der Waals surface area contributed by atoms with Gasteiger partial charge in [-0.15, -0.1) is 0 Å². The van der Waals surface area contributed by atoms with Gasteiger partial charge in [0.05, 0.1) is 6.07 Å². The Morgan fingerprint density at radius 1 is 1.73 bits per heavy atom. The van der Waals surface area contributed by atoms with Gasteiger partial charge in [0.1, 0.15) is 0 Å². The summed E-state index contributed by atoms with van der Waals surface area (Å²) in [4.78, 5) is 22.9. The first-order valence-electron chi connectivity index (χ1n) is 3.80. The molecule has 0 bridgehead atoms. The van der Waals surface area contributed by atoms with E-state index in [4.69, 9.17) is 10.8 Å². The molecule has 2 atom stereocenters. The van der Waals surface area contributed by atoms with Crippen LogP contribution in [-0.4, -0.2) is 33.4 Å². The highest BCUT2D eigenvalue weighted by Gasteiger charge is 2.57. The lowest BCUT2D eigenvalue weighted by atomic mass is 10.0. The Bertz CT molecular complexity index is 420. The maximum atomic E-state index is 11.5. The summed E-state index contributed by atoms with van der Waals surface area (Å²) >= 11 is 0. The first kappa shape index (κ1) is 13.7. The highest BCUT2D eigenvalue weighted by atomic mass is 31.2. The standard InChI is InChI=1S/C7H10N3O4P/c1-5(11)6(10-9)7(2,4-8)15(12,13)14-3/h1-3H3,(H,12,13). The van der Waals surface area contributed by atoms with Crippen molar-refractivity contribution in [2.24, 2.45) is 0 Å². The van der Waals surface area contributed by atoms with Crippen LogP contribution in [0.5, 0.6) is 0 Å². The fourth-order valence-electron chi connectivity index (χ4n) is 0.943. The Morgan fingerprint density at radius 2 is 2.20 bits per heavy atom. The van der Waals surface area contributed by atoms with E-state index in [1.54, 1.807) is 0 Å². The van der Waals surface area contributed by atoms with Crippen molar-refractivity contribution in [1.29, 1.82) is 5.26 Å². The molecule has 0 fully saturated rings. The summed E-state index contributed by atoms with van der Waals surface area (Å²) < 4.78 is 15.8. The Kier molecular flexibility index (Phi) is 4.08. The van der Waals surface area contributed by atoms with Crippen molar-refractivity contribution in [3.8, 4) is 6.07 Å². The number of nitriles is 1. The molecule has 8 heteroatoms. The molecule has 0 saturated carbocycles. The van der Waals surface area contributed by atoms with Gasteiger partial charge in [0.25, 0.3) is 5.16 Å². The summed E-state index contributed by atoms with van der Waals surface area (Å²) in [5.41, 5.74) is 7.84. The zero-order valence-electron chi connectivity index (χ0n) is 8.46. The molecule has 0 rings (SSSR count). The first-order valence-corrected chi connectivity index (χ1v) is 5.38. The van der Waals surface area contributed by atoms with Gasteiger partial charge in [-0.2, -0.15) is 10.1 Å². The minimum Gasteiger partial charge on any atom is -0.361 e. The van der Waals surface area contributed by atoms with Gasteiger partial charge in [0.2, 0.25) is 5.78 Å². The van der Waals surface area contributed by atoms with Crippen LogP contribution in [0, 0.1) is 11.3 Å². The molecule has 0 aromatic rings. The van der Waals surface area contributed by atoms with Crippen LogP contribution in [0.25, 0.3) is 5.53 Å². The van der Waals surface area contributed by atoms with Gasteiger partial charge >= 0.3 is 13.3 Å². The number of carbonyl (C=O) groups excluding carboxylic acids is 1. The summed E-state index contributed by atoms with van der Waals surface area (Å²) in [7, 11) is -3.47. The quantitative estimate of drug-likeness (QED) is 0.323. The zero-order valence-corrected chi connectivity index (χ0v) is 9.36. The molecule has 0 amide bonds. The topological polar surface area (TPSA) is 124 Å². The summed E-state index contributed by atoms with van der Waals surface area (Å²) in [5.74, 6) is -0.784. The third-order valence-corrected chi connectivity index (χ3v) is 3.86. The molecule has 0 aromatic heterocycles. The Morgan fingerprint density at radius 3 is 2.40 bits per heavy atom. The van der Waals surface area contributed by atoms with E-state index in [0.717, 1.165) is 21.0 Å². The SMILES string of the molecule is COP(=O)(O)C(C)(C#N)C(=[N+]=[N-])C(C)=O. The molecule has 0 saturated heterocycles. The lowest BCUT2D eigenvalue weighted by Gasteiger charge is -2.20. The van der Waals surface area contributed by atoms with E-state index in [-0.39, 0.29) is 0 Å². The highest BCUT2D eigenvalue weighted by molar-refractivity contribution is 7.56. The lowest BCUT2D eigenvalue weighted by Crippen LogP contribution is -2.39. The van der Waals surface area contributed by atoms with Crippen molar-refractivity contribution in [3.63, 3.8) is 0 Å². The molecule has 0 aromatic carbocycles. The fraction of sp³-hybridized carbons (Fsp3) is 0.571. The van der Waals surface area contributed by atoms with E-state index in [9.17, 15) is 14.3 Å². The van der Waals surface area contributed by atoms with Crippen molar-refractivity contribution >= 4 is 19.1 Å². The molecular formula is C7H10N3O4P. The second kappa shape index (κ2) is 4.47. The van der Waals surface area contributed by atoms with E-state index in [0.29, 0.717) is 0 Å². The minimum absolute atomic E-state index is 0.710. The van der Waals surface area contributed by atoms with E-state index in [1.807, 2.05) is 0 Å². The van der Waals surface area contributed by atoms with Crippen LogP contribution in [0.15, 0.2) is 0 Å². The maximum Gasteiger partial charge on any atom is 0.366 e. The number of hydrogen-bond acceptors (Lipinski definition) is 4. The number of hydrogen-bond donors (Lipinski definition) is 1. The van der Waals surface area contributed by atoms with E-state index < -0.39 is 24.2 Å². The van der Waals surface area contributed by atoms with Crippen molar-refractivity contribution < 1.29 is 23.6 Å². The Labute approximate surface area is 86.4 Å². The molecule has 1 N–H and O–H groups in total. The van der Waals surface area contributed by atoms with Gasteiger partial charge in [-0.3, -0.25) is 9.36 Å². The molecular weight excluding hydrogens is 221 g/mol. The summed E-state index contributed by atoms with van der Waals surface area (Å²) in [5, 5.41) is 6.62. The predicted octanol–water partition coefficient (Wildman–Crippen LogP) is 0.360. The average Bonchev–Trinajstić information content (AvgIpc) is 2.17. The van der Waals surface area contributed by atoms with Crippen molar-refractivity contribution in [2.45, 2.75) is 19.0 Å². The summed E-state index contributed by atoms with van der Waals surface area (Å²) in [6, 6.07) is 1.45. The fourth-order valence-corrected chi connectivity index (χ4v) is 1.90. The maximum absolute atomic E-state index is 11.5. The monoisotopic (exact) mass is 231 g/mol. The molecule has 0 aliphatic rings. The molecule has 2 unspecified atom stereocenters.